The number of hydrogen-bond donors (Lipinski definition) is 2. The number of nitrogens with zero attached hydrogens (tertiary/aromatic N) is 2. The molecule has 0 aromatic rings. The smallest absolute Gasteiger partial charge is 0.326 e. The van der Waals surface area contributed by atoms with Crippen LogP contribution in [0, 0.1) is 5.92 Å². The van der Waals surface area contributed by atoms with Crippen LogP contribution in [0.5, 0.6) is 0 Å². The van der Waals surface area contributed by atoms with E-state index in [4.69, 9.17) is 5.11 Å². The molecule has 0 bridgehead atoms. The van der Waals surface area contributed by atoms with E-state index in [1.807, 2.05) is 6.92 Å². The van der Waals surface area contributed by atoms with Gasteiger partial charge in [-0.15, -0.1) is 0 Å². The van der Waals surface area contributed by atoms with Gasteiger partial charge in [0.1, 0.15) is 6.04 Å². The highest BCUT2D eigenvalue weighted by molar-refractivity contribution is 5.83. The summed E-state index contributed by atoms with van der Waals surface area (Å²) in [7, 11) is 1.57. The van der Waals surface area contributed by atoms with Crippen LogP contribution in [-0.2, 0) is 4.79 Å². The van der Waals surface area contributed by atoms with Crippen LogP contribution in [-0.4, -0.2) is 64.3 Å². The summed E-state index contributed by atoms with van der Waals surface area (Å²) in [5.41, 5.74) is 0. The number of carbonyl (C=O) groups excluding carboxylic acids is 1. The first-order chi connectivity index (χ1) is 7.84. The van der Waals surface area contributed by atoms with Gasteiger partial charge in [0.15, 0.2) is 0 Å². The minimum Gasteiger partial charge on any atom is -0.480 e. The average molecular weight is 244 g/mol. The Morgan fingerprint density at radius 1 is 1.53 bits per heavy atom. The van der Waals surface area contributed by atoms with E-state index < -0.39 is 18.1 Å². The molecule has 0 spiro atoms. The van der Waals surface area contributed by atoms with E-state index in [1.165, 1.54) is 9.80 Å². The number of amides is 2. The zero-order valence-electron chi connectivity index (χ0n) is 10.5. The van der Waals surface area contributed by atoms with E-state index in [2.05, 4.69) is 0 Å². The largest absolute Gasteiger partial charge is 0.480 e. The summed E-state index contributed by atoms with van der Waals surface area (Å²) in [4.78, 5) is 25.9. The molecule has 1 aliphatic rings. The van der Waals surface area contributed by atoms with Crippen molar-refractivity contribution in [1.82, 2.24) is 9.80 Å². The molecule has 1 aliphatic heterocycles. The third kappa shape index (κ3) is 3.09. The molecule has 1 rings (SSSR count). The van der Waals surface area contributed by atoms with Crippen LogP contribution in [0.3, 0.4) is 0 Å². The molecule has 0 aromatic heterocycles. The molecule has 6 nitrogen and oxygen atoms in total. The molecule has 1 saturated heterocycles. The second-order valence-electron chi connectivity index (χ2n) is 4.75. The van der Waals surface area contributed by atoms with Gasteiger partial charge in [-0.1, -0.05) is 6.92 Å². The fraction of sp³-hybridized carbons (Fsp3) is 0.818. The second-order valence-corrected chi connectivity index (χ2v) is 4.75. The van der Waals surface area contributed by atoms with E-state index >= 15 is 0 Å². The van der Waals surface area contributed by atoms with Crippen molar-refractivity contribution in [3.63, 3.8) is 0 Å². The number of aliphatic hydroxyl groups excluding tert-OH is 1. The molecular formula is C11H20N2O4. The van der Waals surface area contributed by atoms with Crippen molar-refractivity contribution in [3.8, 4) is 0 Å². The molecule has 0 aromatic carbocycles. The lowest BCUT2D eigenvalue weighted by Gasteiger charge is -2.29. The molecule has 98 valence electrons. The summed E-state index contributed by atoms with van der Waals surface area (Å²) in [6.07, 6.45) is 0.0813. The number of aliphatic carboxylic acids is 1. The standard InChI is InChI=1S/C11H20N2O4/c1-7-4-5-13(9(7)10(15)16)11(17)12(3)6-8(2)14/h7-9,14H,4-6H2,1-3H3,(H,15,16). The van der Waals surface area contributed by atoms with Gasteiger partial charge in [-0.05, 0) is 19.3 Å². The van der Waals surface area contributed by atoms with Crippen molar-refractivity contribution in [2.45, 2.75) is 32.4 Å². The Hall–Kier alpha value is -1.30. The molecule has 1 heterocycles. The summed E-state index contributed by atoms with van der Waals surface area (Å²) in [5, 5.41) is 18.3. The zero-order valence-corrected chi connectivity index (χ0v) is 10.5. The van der Waals surface area contributed by atoms with Gasteiger partial charge in [0.25, 0.3) is 0 Å². The summed E-state index contributed by atoms with van der Waals surface area (Å²) in [5.74, 6) is -0.995. The third-order valence-electron chi connectivity index (χ3n) is 3.06. The highest BCUT2D eigenvalue weighted by Crippen LogP contribution is 2.25. The quantitative estimate of drug-likeness (QED) is 0.744. The molecule has 3 atom stereocenters. The Bertz CT molecular complexity index is 306. The highest BCUT2D eigenvalue weighted by atomic mass is 16.4. The van der Waals surface area contributed by atoms with Crippen LogP contribution in [0.2, 0.25) is 0 Å². The Morgan fingerprint density at radius 2 is 2.12 bits per heavy atom. The monoisotopic (exact) mass is 244 g/mol. The van der Waals surface area contributed by atoms with Crippen LogP contribution in [0.1, 0.15) is 20.3 Å². The Morgan fingerprint density at radius 3 is 2.59 bits per heavy atom. The molecule has 2 N–H and O–H groups in total. The maximum absolute atomic E-state index is 12.0. The van der Waals surface area contributed by atoms with Crippen LogP contribution < -0.4 is 0 Å². The van der Waals surface area contributed by atoms with Gasteiger partial charge in [0, 0.05) is 20.1 Å². The second kappa shape index (κ2) is 5.35. The van der Waals surface area contributed by atoms with Crippen LogP contribution in [0.25, 0.3) is 0 Å². The first kappa shape index (κ1) is 13.8. The number of rotatable bonds is 3. The van der Waals surface area contributed by atoms with Gasteiger partial charge in [-0.2, -0.15) is 0 Å². The fourth-order valence-electron chi connectivity index (χ4n) is 2.23. The number of urea groups is 1. The zero-order chi connectivity index (χ0) is 13.2. The lowest BCUT2D eigenvalue weighted by Crippen LogP contribution is -2.49. The lowest BCUT2D eigenvalue weighted by molar-refractivity contribution is -0.142. The molecule has 6 heteroatoms. The number of carbonyl (C=O) groups is 2. The number of likely N-dealkylation sites (N-methyl/N-ethyl adjacent to an activating group) is 1. The third-order valence-corrected chi connectivity index (χ3v) is 3.06. The van der Waals surface area contributed by atoms with Gasteiger partial charge in [0.05, 0.1) is 6.10 Å². The number of hydrogen-bond acceptors (Lipinski definition) is 3. The fourth-order valence-corrected chi connectivity index (χ4v) is 2.23. The van der Waals surface area contributed by atoms with Gasteiger partial charge < -0.3 is 20.0 Å². The van der Waals surface area contributed by atoms with Crippen molar-refractivity contribution >= 4 is 12.0 Å². The molecule has 1 fully saturated rings. The molecule has 0 aliphatic carbocycles. The maximum atomic E-state index is 12.0. The minimum absolute atomic E-state index is 0.0311. The Kier molecular flexibility index (Phi) is 4.34. The normalized spacial score (nSPS) is 25.8. The molecule has 0 saturated carbocycles. The van der Waals surface area contributed by atoms with Crippen LogP contribution >= 0.6 is 0 Å². The van der Waals surface area contributed by atoms with E-state index in [9.17, 15) is 14.7 Å². The van der Waals surface area contributed by atoms with Crippen molar-refractivity contribution in [3.05, 3.63) is 0 Å². The number of aliphatic hydroxyl groups is 1. The predicted octanol–water partition coefficient (Wildman–Crippen LogP) is 0.214. The van der Waals surface area contributed by atoms with E-state index in [-0.39, 0.29) is 18.5 Å². The van der Waals surface area contributed by atoms with Crippen molar-refractivity contribution in [2.75, 3.05) is 20.1 Å². The SMILES string of the molecule is CC(O)CN(C)C(=O)N1CCC(C)C1C(=O)O. The van der Waals surface area contributed by atoms with Gasteiger partial charge in [-0.25, -0.2) is 9.59 Å². The summed E-state index contributed by atoms with van der Waals surface area (Å²) < 4.78 is 0. The van der Waals surface area contributed by atoms with Gasteiger partial charge in [0.2, 0.25) is 0 Å². The maximum Gasteiger partial charge on any atom is 0.326 e. The van der Waals surface area contributed by atoms with Crippen LogP contribution in [0.4, 0.5) is 4.79 Å². The minimum atomic E-state index is -0.964. The average Bonchev–Trinajstić information content (AvgIpc) is 2.57. The molecule has 2 amide bonds. The lowest BCUT2D eigenvalue weighted by atomic mass is 10.0. The van der Waals surface area contributed by atoms with E-state index in [0.29, 0.717) is 13.0 Å². The summed E-state index contributed by atoms with van der Waals surface area (Å²) >= 11 is 0. The predicted molar refractivity (Wildman–Crippen MR) is 61.6 cm³/mol. The van der Waals surface area contributed by atoms with Crippen LogP contribution in [0.15, 0.2) is 0 Å². The first-order valence-corrected chi connectivity index (χ1v) is 5.77. The highest BCUT2D eigenvalue weighted by Gasteiger charge is 2.40. The van der Waals surface area contributed by atoms with E-state index in [0.717, 1.165) is 0 Å². The topological polar surface area (TPSA) is 81.1 Å². The summed E-state index contributed by atoms with van der Waals surface area (Å²) in [6.45, 7) is 4.09. The van der Waals surface area contributed by atoms with Crippen molar-refractivity contribution in [2.24, 2.45) is 5.92 Å². The molecule has 17 heavy (non-hydrogen) atoms. The Balaban J connectivity index is 2.71. The number of likely N-dealkylation sites (tertiary alicyclic amines) is 1. The van der Waals surface area contributed by atoms with E-state index in [1.54, 1.807) is 14.0 Å². The molecule has 0 radical (unpaired) electrons. The Labute approximate surface area is 101 Å². The number of carboxylic acid groups (broad SMARTS) is 1. The van der Waals surface area contributed by atoms with Crippen molar-refractivity contribution in [1.29, 1.82) is 0 Å². The number of carboxylic acids is 1. The van der Waals surface area contributed by atoms with Gasteiger partial charge in [-0.3, -0.25) is 0 Å². The summed E-state index contributed by atoms with van der Waals surface area (Å²) in [6, 6.07) is -1.08. The first-order valence-electron chi connectivity index (χ1n) is 5.77. The molecule has 3 unspecified atom stereocenters. The van der Waals surface area contributed by atoms with Crippen molar-refractivity contribution < 1.29 is 19.8 Å². The van der Waals surface area contributed by atoms with Gasteiger partial charge >= 0.3 is 12.0 Å². The molecular weight excluding hydrogens is 224 g/mol.